The van der Waals surface area contributed by atoms with E-state index < -0.39 is 13.1 Å². The Morgan fingerprint density at radius 1 is 0.720 bits per heavy atom. The Hall–Kier alpha value is -1.99. The van der Waals surface area contributed by atoms with Gasteiger partial charge in [-0.25, -0.2) is 0 Å². The minimum absolute atomic E-state index is 0.500. The Morgan fingerprint density at radius 2 is 1.08 bits per heavy atom. The highest BCUT2D eigenvalue weighted by Gasteiger charge is 2.51. The molecule has 0 radical (unpaired) electrons. The maximum Gasteiger partial charge on any atom is 0.180 e. The number of benzene rings is 3. The van der Waals surface area contributed by atoms with Crippen molar-refractivity contribution in [3.8, 4) is 0 Å². The van der Waals surface area contributed by atoms with Gasteiger partial charge in [0.25, 0.3) is 0 Å². The van der Waals surface area contributed by atoms with Gasteiger partial charge in [0.15, 0.2) is 5.85 Å². The molecule has 1 N–H and O–H groups in total. The fourth-order valence-corrected chi connectivity index (χ4v) is 7.72. The van der Waals surface area contributed by atoms with E-state index in [2.05, 4.69) is 72.8 Å². The summed E-state index contributed by atoms with van der Waals surface area (Å²) in [6, 6.07) is 31.3. The van der Waals surface area contributed by atoms with Crippen molar-refractivity contribution in [3.63, 3.8) is 0 Å². The quantitative estimate of drug-likeness (QED) is 0.662. The van der Waals surface area contributed by atoms with Crippen LogP contribution in [-0.4, -0.2) is 24.7 Å². The van der Waals surface area contributed by atoms with E-state index in [1.54, 1.807) is 7.11 Å². The molecule has 2 nitrogen and oxygen atoms in total. The van der Waals surface area contributed by atoms with Crippen molar-refractivity contribution in [2.75, 3.05) is 13.7 Å². The molecule has 3 aromatic rings. The zero-order valence-electron chi connectivity index (χ0n) is 14.5. The third-order valence-electron chi connectivity index (χ3n) is 4.52. The summed E-state index contributed by atoms with van der Waals surface area (Å²) in [6.45, 7) is 0.537. The average molecular weight is 351 g/mol. The lowest BCUT2D eigenvalue weighted by atomic mass is 10.3. The van der Waals surface area contributed by atoms with Crippen molar-refractivity contribution in [1.29, 1.82) is 0 Å². The van der Waals surface area contributed by atoms with Crippen molar-refractivity contribution in [2.45, 2.75) is 12.3 Å². The smallest absolute Gasteiger partial charge is 0.180 e. The van der Waals surface area contributed by atoms with Crippen LogP contribution in [0.4, 0.5) is 0 Å². The third kappa shape index (κ3) is 3.52. The summed E-state index contributed by atoms with van der Waals surface area (Å²) in [4.78, 5) is 0. The Morgan fingerprint density at radius 3 is 1.40 bits per heavy atom. The molecule has 3 rings (SSSR count). The molecule has 0 saturated carbocycles. The van der Waals surface area contributed by atoms with Crippen LogP contribution >= 0.6 is 7.26 Å². The van der Waals surface area contributed by atoms with E-state index in [1.807, 2.05) is 18.2 Å². The number of hydrogen-bond acceptors (Lipinski definition) is 2. The summed E-state index contributed by atoms with van der Waals surface area (Å²) < 4.78 is 5.27. The van der Waals surface area contributed by atoms with Gasteiger partial charge < -0.3 is 9.84 Å². The monoisotopic (exact) mass is 351 g/mol. The highest BCUT2D eigenvalue weighted by Crippen LogP contribution is 2.59. The molecule has 1 atom stereocenters. The van der Waals surface area contributed by atoms with Crippen LogP contribution in [0.25, 0.3) is 0 Å². The number of aliphatic hydroxyl groups is 1. The molecule has 0 aliphatic carbocycles. The second kappa shape index (κ2) is 8.40. The molecule has 0 aliphatic heterocycles. The Kier molecular flexibility index (Phi) is 5.99. The fourth-order valence-electron chi connectivity index (χ4n) is 3.37. The zero-order valence-corrected chi connectivity index (χ0v) is 15.3. The summed E-state index contributed by atoms with van der Waals surface area (Å²) >= 11 is 0. The van der Waals surface area contributed by atoms with Crippen LogP contribution in [0, 0.1) is 0 Å². The third-order valence-corrected chi connectivity index (χ3v) is 9.01. The van der Waals surface area contributed by atoms with E-state index in [1.165, 1.54) is 15.9 Å². The Balaban J connectivity index is 2.28. The van der Waals surface area contributed by atoms with Crippen molar-refractivity contribution in [1.82, 2.24) is 0 Å². The molecule has 0 saturated heterocycles. The molecule has 0 aliphatic rings. The van der Waals surface area contributed by atoms with Gasteiger partial charge in [-0.1, -0.05) is 54.6 Å². The summed E-state index contributed by atoms with van der Waals surface area (Å²) in [7, 11) is -0.518. The van der Waals surface area contributed by atoms with Gasteiger partial charge in [0.05, 0.1) is 6.61 Å². The van der Waals surface area contributed by atoms with Gasteiger partial charge in [0.2, 0.25) is 0 Å². The van der Waals surface area contributed by atoms with E-state index in [-0.39, 0.29) is 0 Å². The van der Waals surface area contributed by atoms with E-state index in [0.717, 1.165) is 0 Å². The summed E-state index contributed by atoms with van der Waals surface area (Å²) in [5.74, 6) is -0.500. The van der Waals surface area contributed by atoms with E-state index in [9.17, 15) is 5.11 Å². The number of methoxy groups -OCH3 is 1. The lowest BCUT2D eigenvalue weighted by Gasteiger charge is -2.31. The number of ether oxygens (including phenoxy) is 1. The fraction of sp³-hybridized carbons (Fsp3) is 0.182. The Labute approximate surface area is 150 Å². The van der Waals surface area contributed by atoms with Crippen LogP contribution in [-0.2, 0) is 4.74 Å². The van der Waals surface area contributed by atoms with E-state index in [4.69, 9.17) is 4.74 Å². The van der Waals surface area contributed by atoms with Crippen molar-refractivity contribution >= 4 is 23.2 Å². The standard InChI is InChI=1S/C22H24O2P/c1-24-18-17-22(23)25(19-11-5-2-6-12-19,20-13-7-3-8-14-20)21-15-9-4-10-16-21/h2-16,22-23H,17-18H2,1H3/q+1. The number of hydrogen-bond donors (Lipinski definition) is 1. The number of aliphatic hydroxyl groups excluding tert-OH is 1. The summed E-state index contributed by atoms with van der Waals surface area (Å²) in [5, 5.41) is 15.0. The first kappa shape index (κ1) is 17.8. The molecule has 1 unspecified atom stereocenters. The van der Waals surface area contributed by atoms with E-state index in [0.29, 0.717) is 13.0 Å². The zero-order chi connectivity index (χ0) is 17.5. The molecule has 128 valence electrons. The topological polar surface area (TPSA) is 29.5 Å². The maximum atomic E-state index is 11.4. The molecular formula is C22H24O2P+. The highest BCUT2D eigenvalue weighted by atomic mass is 31.2. The molecule has 25 heavy (non-hydrogen) atoms. The predicted octanol–water partition coefficient (Wildman–Crippen LogP) is 3.34. The first-order chi connectivity index (χ1) is 12.3. The summed E-state index contributed by atoms with van der Waals surface area (Å²) in [6.07, 6.45) is 0.600. The average Bonchev–Trinajstić information content (AvgIpc) is 2.69. The van der Waals surface area contributed by atoms with Gasteiger partial charge in [-0.15, -0.1) is 0 Å². The van der Waals surface area contributed by atoms with Crippen LogP contribution in [0.1, 0.15) is 6.42 Å². The lowest BCUT2D eigenvalue weighted by Crippen LogP contribution is -2.39. The molecule has 0 spiro atoms. The maximum absolute atomic E-state index is 11.4. The normalized spacial score (nSPS) is 12.7. The minimum atomic E-state index is -2.20. The van der Waals surface area contributed by atoms with Gasteiger partial charge in [0.1, 0.15) is 23.2 Å². The first-order valence-corrected chi connectivity index (χ1v) is 10.4. The van der Waals surface area contributed by atoms with Crippen molar-refractivity contribution < 1.29 is 9.84 Å². The van der Waals surface area contributed by atoms with Gasteiger partial charge in [-0.05, 0) is 36.4 Å². The molecule has 3 aromatic carbocycles. The predicted molar refractivity (Wildman–Crippen MR) is 108 cm³/mol. The highest BCUT2D eigenvalue weighted by molar-refractivity contribution is 7.96. The van der Waals surface area contributed by atoms with Gasteiger partial charge in [0, 0.05) is 13.5 Å². The second-order valence-corrected chi connectivity index (χ2v) is 9.58. The van der Waals surface area contributed by atoms with Crippen LogP contribution in [0.5, 0.6) is 0 Å². The minimum Gasteiger partial charge on any atom is -0.384 e. The van der Waals surface area contributed by atoms with Crippen LogP contribution in [0.2, 0.25) is 0 Å². The molecule has 0 fully saturated rings. The van der Waals surface area contributed by atoms with Gasteiger partial charge >= 0.3 is 0 Å². The van der Waals surface area contributed by atoms with Crippen molar-refractivity contribution in [3.05, 3.63) is 91.0 Å². The molecule has 0 amide bonds. The van der Waals surface area contributed by atoms with Crippen LogP contribution in [0.3, 0.4) is 0 Å². The summed E-state index contributed by atoms with van der Waals surface area (Å²) in [5.41, 5.74) is 0. The SMILES string of the molecule is COCCC(O)[P+](c1ccccc1)(c1ccccc1)c1ccccc1. The molecule has 0 heterocycles. The van der Waals surface area contributed by atoms with Crippen molar-refractivity contribution in [2.24, 2.45) is 0 Å². The largest absolute Gasteiger partial charge is 0.384 e. The lowest BCUT2D eigenvalue weighted by molar-refractivity contribution is 0.151. The number of rotatable bonds is 7. The first-order valence-electron chi connectivity index (χ1n) is 8.52. The van der Waals surface area contributed by atoms with Gasteiger partial charge in [-0.2, -0.15) is 0 Å². The van der Waals surface area contributed by atoms with Gasteiger partial charge in [-0.3, -0.25) is 0 Å². The molecule has 0 aromatic heterocycles. The Bertz CT molecular complexity index is 663. The molecular weight excluding hydrogens is 327 g/mol. The molecule has 3 heteroatoms. The van der Waals surface area contributed by atoms with E-state index >= 15 is 0 Å². The molecule has 0 bridgehead atoms. The second-order valence-electron chi connectivity index (χ2n) is 5.99. The van der Waals surface area contributed by atoms with Crippen LogP contribution in [0.15, 0.2) is 91.0 Å². The van der Waals surface area contributed by atoms with Crippen LogP contribution < -0.4 is 15.9 Å².